The second kappa shape index (κ2) is 15.3. The summed E-state index contributed by atoms with van der Waals surface area (Å²) in [5.41, 5.74) is 4.38. The van der Waals surface area contributed by atoms with Crippen LogP contribution in [0.3, 0.4) is 0 Å². The number of rotatable bonds is 14. The summed E-state index contributed by atoms with van der Waals surface area (Å²) in [4.78, 5) is 19.0. The normalized spacial score (nSPS) is 13.6. The Kier molecular flexibility index (Phi) is 11.7. The standard InChI is InChI=1S/C30H42N2O2/c1-2-3-4-5-6-7-8-9-10-12-16-26-20-21-29(31-23-26)28-19-15-22-32(24-28)30(33)34-25-27-17-13-11-14-18-27/h11,13-14,17-21,23H,2-10,12,15-16,22,24-25H2,1H3. The smallest absolute Gasteiger partial charge is 0.410 e. The van der Waals surface area contributed by atoms with Crippen LogP contribution < -0.4 is 0 Å². The molecule has 2 heterocycles. The van der Waals surface area contributed by atoms with E-state index in [4.69, 9.17) is 9.72 Å². The van der Waals surface area contributed by atoms with Gasteiger partial charge in [0.2, 0.25) is 0 Å². The first-order chi connectivity index (χ1) is 16.8. The lowest BCUT2D eigenvalue weighted by atomic mass is 10.0. The molecule has 1 aliphatic rings. The molecule has 0 saturated carbocycles. The van der Waals surface area contributed by atoms with Crippen molar-refractivity contribution in [2.24, 2.45) is 0 Å². The summed E-state index contributed by atoms with van der Waals surface area (Å²) < 4.78 is 5.51. The van der Waals surface area contributed by atoms with Gasteiger partial charge in [0.1, 0.15) is 6.61 Å². The van der Waals surface area contributed by atoms with Crippen molar-refractivity contribution in [1.29, 1.82) is 0 Å². The van der Waals surface area contributed by atoms with Crippen molar-refractivity contribution >= 4 is 11.7 Å². The third-order valence-corrected chi connectivity index (χ3v) is 6.59. The summed E-state index contributed by atoms with van der Waals surface area (Å²) >= 11 is 0. The van der Waals surface area contributed by atoms with Crippen LogP contribution in [0.25, 0.3) is 5.57 Å². The summed E-state index contributed by atoms with van der Waals surface area (Å²) in [5.74, 6) is 0. The van der Waals surface area contributed by atoms with Crippen molar-refractivity contribution in [2.45, 2.75) is 90.6 Å². The molecule has 2 aromatic rings. The average Bonchev–Trinajstić information content (AvgIpc) is 2.89. The van der Waals surface area contributed by atoms with E-state index in [-0.39, 0.29) is 6.09 Å². The Bertz CT molecular complexity index is 861. The van der Waals surface area contributed by atoms with Crippen LogP contribution in [0.1, 0.15) is 94.4 Å². The van der Waals surface area contributed by atoms with Gasteiger partial charge in [-0.05, 0) is 42.0 Å². The zero-order chi connectivity index (χ0) is 23.8. The minimum atomic E-state index is -0.257. The molecule has 0 spiro atoms. The van der Waals surface area contributed by atoms with Gasteiger partial charge >= 0.3 is 6.09 Å². The molecule has 0 radical (unpaired) electrons. The molecule has 4 nitrogen and oxygen atoms in total. The fourth-order valence-electron chi connectivity index (χ4n) is 4.47. The molecule has 1 aromatic carbocycles. The number of carbonyl (C=O) groups excluding carboxylic acids is 1. The molecular formula is C30H42N2O2. The van der Waals surface area contributed by atoms with Crippen molar-refractivity contribution in [3.8, 4) is 0 Å². The lowest BCUT2D eigenvalue weighted by molar-refractivity contribution is 0.100. The Balaban J connectivity index is 1.33. The average molecular weight is 463 g/mol. The van der Waals surface area contributed by atoms with Gasteiger partial charge in [-0.1, -0.05) is 107 Å². The monoisotopic (exact) mass is 462 g/mol. The van der Waals surface area contributed by atoms with Crippen LogP contribution in [-0.2, 0) is 17.8 Å². The first-order valence-corrected chi connectivity index (χ1v) is 13.4. The predicted octanol–water partition coefficient (Wildman–Crippen LogP) is 7.97. The van der Waals surface area contributed by atoms with E-state index in [9.17, 15) is 4.79 Å². The van der Waals surface area contributed by atoms with E-state index in [0.29, 0.717) is 19.7 Å². The van der Waals surface area contributed by atoms with Crippen molar-refractivity contribution in [3.63, 3.8) is 0 Å². The minimum Gasteiger partial charge on any atom is -0.445 e. The molecule has 4 heteroatoms. The third kappa shape index (κ3) is 9.32. The number of unbranched alkanes of at least 4 members (excludes halogenated alkanes) is 9. The number of hydrogen-bond acceptors (Lipinski definition) is 3. The summed E-state index contributed by atoms with van der Waals surface area (Å²) in [6.07, 6.45) is 19.5. The SMILES string of the molecule is CCCCCCCCCCCCc1ccc(C2=CCCN(C(=O)OCc3ccccc3)C2)nc1. The molecule has 0 saturated heterocycles. The molecule has 0 bridgehead atoms. The van der Waals surface area contributed by atoms with Gasteiger partial charge in [0.05, 0.1) is 12.2 Å². The Morgan fingerprint density at radius 1 is 0.882 bits per heavy atom. The second-order valence-corrected chi connectivity index (χ2v) is 9.46. The molecule has 34 heavy (non-hydrogen) atoms. The zero-order valence-corrected chi connectivity index (χ0v) is 21.0. The molecule has 0 aliphatic carbocycles. The van der Waals surface area contributed by atoms with Crippen LogP contribution in [0, 0.1) is 0 Å². The van der Waals surface area contributed by atoms with Gasteiger partial charge in [-0.25, -0.2) is 4.79 Å². The highest BCUT2D eigenvalue weighted by atomic mass is 16.6. The van der Waals surface area contributed by atoms with Gasteiger partial charge in [0.15, 0.2) is 0 Å². The van der Waals surface area contributed by atoms with Crippen LogP contribution in [0.15, 0.2) is 54.7 Å². The molecule has 3 rings (SSSR count). The van der Waals surface area contributed by atoms with Gasteiger partial charge < -0.3 is 9.64 Å². The third-order valence-electron chi connectivity index (χ3n) is 6.59. The maximum atomic E-state index is 12.5. The zero-order valence-electron chi connectivity index (χ0n) is 21.0. The lowest BCUT2D eigenvalue weighted by Crippen LogP contribution is -2.35. The quantitative estimate of drug-likeness (QED) is 0.267. The molecule has 1 aromatic heterocycles. The Morgan fingerprint density at radius 2 is 1.59 bits per heavy atom. The maximum absolute atomic E-state index is 12.5. The molecule has 0 fully saturated rings. The van der Waals surface area contributed by atoms with E-state index in [2.05, 4.69) is 25.1 Å². The van der Waals surface area contributed by atoms with Crippen LogP contribution in [0.4, 0.5) is 4.79 Å². The number of amides is 1. The number of pyridine rings is 1. The van der Waals surface area contributed by atoms with Gasteiger partial charge in [-0.3, -0.25) is 4.98 Å². The highest BCUT2D eigenvalue weighted by Gasteiger charge is 2.21. The van der Waals surface area contributed by atoms with E-state index in [1.807, 2.05) is 36.5 Å². The summed E-state index contributed by atoms with van der Waals surface area (Å²) in [7, 11) is 0. The van der Waals surface area contributed by atoms with Gasteiger partial charge in [-0.15, -0.1) is 0 Å². The number of aromatic nitrogens is 1. The molecule has 1 aliphatic heterocycles. The van der Waals surface area contributed by atoms with Gasteiger partial charge in [-0.2, -0.15) is 0 Å². The first kappa shape index (κ1) is 26.0. The molecule has 0 atom stereocenters. The summed E-state index contributed by atoms with van der Waals surface area (Å²) in [5, 5.41) is 0. The number of hydrogen-bond donors (Lipinski definition) is 0. The molecule has 0 N–H and O–H groups in total. The van der Waals surface area contributed by atoms with Gasteiger partial charge in [0, 0.05) is 12.7 Å². The van der Waals surface area contributed by atoms with Crippen LogP contribution in [-0.4, -0.2) is 29.1 Å². The number of benzene rings is 1. The molecule has 184 valence electrons. The summed E-state index contributed by atoms with van der Waals surface area (Å²) in [6, 6.07) is 14.1. The molecule has 1 amide bonds. The molecular weight excluding hydrogens is 420 g/mol. The fraction of sp³-hybridized carbons (Fsp3) is 0.533. The number of carbonyl (C=O) groups is 1. The van der Waals surface area contributed by atoms with E-state index < -0.39 is 0 Å². The van der Waals surface area contributed by atoms with Crippen molar-refractivity contribution in [2.75, 3.05) is 13.1 Å². The second-order valence-electron chi connectivity index (χ2n) is 9.46. The van der Waals surface area contributed by atoms with Crippen LogP contribution >= 0.6 is 0 Å². The Labute approximate surface area is 206 Å². The van der Waals surface area contributed by atoms with Gasteiger partial charge in [0.25, 0.3) is 0 Å². The maximum Gasteiger partial charge on any atom is 0.410 e. The summed E-state index contributed by atoms with van der Waals surface area (Å²) in [6.45, 7) is 3.82. The largest absolute Gasteiger partial charge is 0.445 e. The highest BCUT2D eigenvalue weighted by molar-refractivity contribution is 5.74. The lowest BCUT2D eigenvalue weighted by Gasteiger charge is -2.26. The number of ether oxygens (including phenoxy) is 1. The Hall–Kier alpha value is -2.62. The van der Waals surface area contributed by atoms with E-state index >= 15 is 0 Å². The van der Waals surface area contributed by atoms with Crippen LogP contribution in [0.2, 0.25) is 0 Å². The predicted molar refractivity (Wildman–Crippen MR) is 141 cm³/mol. The fourth-order valence-corrected chi connectivity index (χ4v) is 4.47. The number of nitrogens with zero attached hydrogens (tertiary/aromatic N) is 2. The molecule has 0 unspecified atom stereocenters. The van der Waals surface area contributed by atoms with Crippen LogP contribution in [0.5, 0.6) is 0 Å². The van der Waals surface area contributed by atoms with E-state index in [1.54, 1.807) is 4.90 Å². The number of aryl methyl sites for hydroxylation is 1. The van der Waals surface area contributed by atoms with E-state index in [0.717, 1.165) is 29.7 Å². The van der Waals surface area contributed by atoms with Crippen molar-refractivity contribution < 1.29 is 9.53 Å². The van der Waals surface area contributed by atoms with Crippen molar-refractivity contribution in [1.82, 2.24) is 9.88 Å². The Morgan fingerprint density at radius 3 is 2.26 bits per heavy atom. The van der Waals surface area contributed by atoms with E-state index in [1.165, 1.54) is 69.8 Å². The topological polar surface area (TPSA) is 42.4 Å². The van der Waals surface area contributed by atoms with Crippen molar-refractivity contribution in [3.05, 3.63) is 71.6 Å². The highest BCUT2D eigenvalue weighted by Crippen LogP contribution is 2.21. The first-order valence-electron chi connectivity index (χ1n) is 13.4. The minimum absolute atomic E-state index is 0.257.